The average molecular weight is 269 g/mol. The van der Waals surface area contributed by atoms with Crippen LogP contribution in [-0.4, -0.2) is 24.2 Å². The zero-order valence-corrected chi connectivity index (χ0v) is 12.1. The van der Waals surface area contributed by atoms with E-state index >= 15 is 0 Å². The van der Waals surface area contributed by atoms with Gasteiger partial charge in [-0.05, 0) is 30.7 Å². The van der Waals surface area contributed by atoms with Crippen LogP contribution in [0.25, 0.3) is 0 Å². The molecule has 0 amide bonds. The molecule has 1 unspecified atom stereocenters. The monoisotopic (exact) mass is 269 g/mol. The Morgan fingerprint density at radius 2 is 2.33 bits per heavy atom. The molecule has 0 radical (unpaired) electrons. The predicted octanol–water partition coefficient (Wildman–Crippen LogP) is 1.91. The Bertz CT molecular complexity index is 372. The van der Waals surface area contributed by atoms with Crippen LogP contribution >= 0.6 is 11.3 Å². The molecule has 4 N–H and O–H groups in total. The standard InChI is InChI=1S/C13H23N3OS/c1-10(2)6-7-15-12(14)16-9-13(3,17)11-5-4-8-18-11/h4-5,8,10,17H,6-7,9H2,1-3H3,(H3,14,15,16). The molecule has 4 nitrogen and oxygen atoms in total. The Labute approximate surface area is 113 Å². The first-order valence-corrected chi connectivity index (χ1v) is 7.10. The zero-order valence-electron chi connectivity index (χ0n) is 11.3. The van der Waals surface area contributed by atoms with Gasteiger partial charge < -0.3 is 16.2 Å². The first kappa shape index (κ1) is 15.0. The highest BCUT2D eigenvalue weighted by atomic mass is 32.1. The summed E-state index contributed by atoms with van der Waals surface area (Å²) >= 11 is 1.52. The Balaban J connectivity index is 2.42. The molecule has 1 aromatic rings. The summed E-state index contributed by atoms with van der Waals surface area (Å²) < 4.78 is 0. The van der Waals surface area contributed by atoms with E-state index in [1.165, 1.54) is 11.3 Å². The second kappa shape index (κ2) is 6.75. The molecule has 0 spiro atoms. The molecule has 5 heteroatoms. The second-order valence-electron chi connectivity index (χ2n) is 5.06. The molecule has 1 heterocycles. The highest BCUT2D eigenvalue weighted by molar-refractivity contribution is 7.10. The van der Waals surface area contributed by atoms with Crippen LogP contribution in [0.2, 0.25) is 0 Å². The van der Waals surface area contributed by atoms with Crippen molar-refractivity contribution in [1.82, 2.24) is 5.32 Å². The van der Waals surface area contributed by atoms with Gasteiger partial charge >= 0.3 is 0 Å². The molecule has 18 heavy (non-hydrogen) atoms. The number of thiophene rings is 1. The summed E-state index contributed by atoms with van der Waals surface area (Å²) in [6.07, 6.45) is 1.05. The third kappa shape index (κ3) is 5.06. The molecule has 0 bridgehead atoms. The van der Waals surface area contributed by atoms with Gasteiger partial charge in [-0.2, -0.15) is 0 Å². The van der Waals surface area contributed by atoms with E-state index in [0.717, 1.165) is 17.8 Å². The van der Waals surface area contributed by atoms with Gasteiger partial charge in [0.1, 0.15) is 5.60 Å². The molecule has 0 aliphatic rings. The van der Waals surface area contributed by atoms with E-state index in [2.05, 4.69) is 24.2 Å². The fraction of sp³-hybridized carbons (Fsp3) is 0.615. The lowest BCUT2D eigenvalue weighted by molar-refractivity contribution is 0.0712. The van der Waals surface area contributed by atoms with E-state index < -0.39 is 5.60 Å². The molecule has 1 aromatic heterocycles. The van der Waals surface area contributed by atoms with Crippen molar-refractivity contribution in [2.24, 2.45) is 16.6 Å². The molecular weight excluding hydrogens is 246 g/mol. The maximum atomic E-state index is 10.3. The minimum atomic E-state index is -0.946. The number of aliphatic hydroxyl groups is 1. The van der Waals surface area contributed by atoms with Crippen molar-refractivity contribution >= 4 is 17.3 Å². The summed E-state index contributed by atoms with van der Waals surface area (Å²) in [5, 5.41) is 15.3. The van der Waals surface area contributed by atoms with Gasteiger partial charge in [0.05, 0.1) is 6.54 Å². The van der Waals surface area contributed by atoms with Gasteiger partial charge in [-0.1, -0.05) is 19.9 Å². The van der Waals surface area contributed by atoms with Crippen LogP contribution in [0.4, 0.5) is 0 Å². The highest BCUT2D eigenvalue weighted by Crippen LogP contribution is 2.25. The number of aliphatic imine (C=N–C) groups is 1. The van der Waals surface area contributed by atoms with Crippen molar-refractivity contribution in [3.63, 3.8) is 0 Å². The zero-order chi connectivity index (χ0) is 13.6. The van der Waals surface area contributed by atoms with Crippen molar-refractivity contribution in [2.75, 3.05) is 13.1 Å². The largest absolute Gasteiger partial charge is 0.383 e. The van der Waals surface area contributed by atoms with Crippen LogP contribution in [0.5, 0.6) is 0 Å². The summed E-state index contributed by atoms with van der Waals surface area (Å²) in [6.45, 7) is 7.17. The Hall–Kier alpha value is -1.07. The van der Waals surface area contributed by atoms with Crippen molar-refractivity contribution in [3.05, 3.63) is 22.4 Å². The number of nitrogens with one attached hydrogen (secondary N) is 1. The van der Waals surface area contributed by atoms with E-state index in [1.54, 1.807) is 6.92 Å². The van der Waals surface area contributed by atoms with E-state index in [0.29, 0.717) is 11.9 Å². The fourth-order valence-corrected chi connectivity index (χ4v) is 2.23. The minimum Gasteiger partial charge on any atom is -0.383 e. The van der Waals surface area contributed by atoms with Gasteiger partial charge in [-0.15, -0.1) is 11.3 Å². The highest BCUT2D eigenvalue weighted by Gasteiger charge is 2.23. The third-order valence-electron chi connectivity index (χ3n) is 2.64. The van der Waals surface area contributed by atoms with Crippen molar-refractivity contribution in [1.29, 1.82) is 0 Å². The smallest absolute Gasteiger partial charge is 0.188 e. The number of rotatable bonds is 6. The topological polar surface area (TPSA) is 70.6 Å². The van der Waals surface area contributed by atoms with Crippen LogP contribution < -0.4 is 11.1 Å². The lowest BCUT2D eigenvalue weighted by Gasteiger charge is -2.19. The number of hydrogen-bond acceptors (Lipinski definition) is 3. The van der Waals surface area contributed by atoms with Gasteiger partial charge in [-0.25, -0.2) is 0 Å². The van der Waals surface area contributed by atoms with Crippen LogP contribution in [0.3, 0.4) is 0 Å². The molecule has 0 aliphatic heterocycles. The Morgan fingerprint density at radius 3 is 2.89 bits per heavy atom. The molecule has 0 saturated carbocycles. The number of hydrogen-bond donors (Lipinski definition) is 3. The lowest BCUT2D eigenvalue weighted by Crippen LogP contribution is -2.35. The maximum Gasteiger partial charge on any atom is 0.188 e. The molecule has 1 atom stereocenters. The minimum absolute atomic E-state index is 0.272. The average Bonchev–Trinajstić information content (AvgIpc) is 2.80. The number of guanidine groups is 1. The van der Waals surface area contributed by atoms with E-state index in [9.17, 15) is 5.11 Å². The molecule has 0 saturated heterocycles. The molecular formula is C13H23N3OS. The summed E-state index contributed by atoms with van der Waals surface area (Å²) in [4.78, 5) is 5.09. The lowest BCUT2D eigenvalue weighted by atomic mass is 10.1. The van der Waals surface area contributed by atoms with Gasteiger partial charge in [0.15, 0.2) is 5.96 Å². The summed E-state index contributed by atoms with van der Waals surface area (Å²) in [7, 11) is 0. The van der Waals surface area contributed by atoms with Crippen LogP contribution in [0.1, 0.15) is 32.1 Å². The third-order valence-corrected chi connectivity index (χ3v) is 3.76. The normalized spacial score (nSPS) is 15.7. The number of nitrogens with two attached hydrogens (primary N) is 1. The first-order valence-electron chi connectivity index (χ1n) is 6.22. The van der Waals surface area contributed by atoms with Crippen LogP contribution in [0, 0.1) is 5.92 Å². The summed E-state index contributed by atoms with van der Waals surface area (Å²) in [6, 6.07) is 3.82. The number of nitrogens with zero attached hydrogens (tertiary/aromatic N) is 1. The van der Waals surface area contributed by atoms with E-state index in [-0.39, 0.29) is 6.54 Å². The van der Waals surface area contributed by atoms with Crippen LogP contribution in [-0.2, 0) is 5.60 Å². The Kier molecular flexibility index (Phi) is 5.62. The molecule has 0 aromatic carbocycles. The summed E-state index contributed by atoms with van der Waals surface area (Å²) in [5.41, 5.74) is 4.81. The van der Waals surface area contributed by atoms with E-state index in [1.807, 2.05) is 17.5 Å². The molecule has 1 rings (SSSR count). The molecule has 102 valence electrons. The SMILES string of the molecule is CC(C)CCNC(N)=NCC(C)(O)c1cccs1. The summed E-state index contributed by atoms with van der Waals surface area (Å²) in [5.74, 6) is 1.03. The van der Waals surface area contributed by atoms with Gasteiger partial charge in [0.2, 0.25) is 0 Å². The maximum absolute atomic E-state index is 10.3. The van der Waals surface area contributed by atoms with Crippen molar-refractivity contribution in [2.45, 2.75) is 32.8 Å². The molecule has 0 aliphatic carbocycles. The second-order valence-corrected chi connectivity index (χ2v) is 6.01. The predicted molar refractivity (Wildman–Crippen MR) is 77.8 cm³/mol. The van der Waals surface area contributed by atoms with Crippen molar-refractivity contribution < 1.29 is 5.11 Å². The quantitative estimate of drug-likeness (QED) is 0.546. The fourth-order valence-electron chi connectivity index (χ4n) is 1.45. The van der Waals surface area contributed by atoms with Gasteiger partial charge in [-0.3, -0.25) is 4.99 Å². The Morgan fingerprint density at radius 1 is 1.61 bits per heavy atom. The van der Waals surface area contributed by atoms with Crippen molar-refractivity contribution in [3.8, 4) is 0 Å². The van der Waals surface area contributed by atoms with Crippen LogP contribution in [0.15, 0.2) is 22.5 Å². The van der Waals surface area contributed by atoms with E-state index in [4.69, 9.17) is 5.73 Å². The van der Waals surface area contributed by atoms with Gasteiger partial charge in [0, 0.05) is 11.4 Å². The molecule has 0 fully saturated rings. The first-order chi connectivity index (χ1) is 8.42. The van der Waals surface area contributed by atoms with Gasteiger partial charge in [0.25, 0.3) is 0 Å².